The van der Waals surface area contributed by atoms with Gasteiger partial charge in [-0.25, -0.2) is 0 Å². The van der Waals surface area contributed by atoms with Gasteiger partial charge in [0.05, 0.1) is 12.2 Å². The van der Waals surface area contributed by atoms with E-state index in [0.29, 0.717) is 6.54 Å². The van der Waals surface area contributed by atoms with Gasteiger partial charge in [-0.2, -0.15) is 0 Å². The van der Waals surface area contributed by atoms with Crippen LogP contribution in [-0.2, 0) is 4.74 Å². The Labute approximate surface area is 114 Å². The van der Waals surface area contributed by atoms with Crippen LogP contribution in [0.25, 0.3) is 0 Å². The summed E-state index contributed by atoms with van der Waals surface area (Å²) in [7, 11) is 1.71. The van der Waals surface area contributed by atoms with E-state index >= 15 is 0 Å². The molecule has 0 saturated carbocycles. The molecular formula is C16H18N2O. The van der Waals surface area contributed by atoms with Crippen LogP contribution in [0.3, 0.4) is 0 Å². The van der Waals surface area contributed by atoms with Gasteiger partial charge in [0.1, 0.15) is 6.10 Å². The Morgan fingerprint density at radius 1 is 1.21 bits per heavy atom. The van der Waals surface area contributed by atoms with Gasteiger partial charge >= 0.3 is 0 Å². The number of benzene rings is 1. The van der Waals surface area contributed by atoms with Crippen LogP contribution in [0.5, 0.6) is 0 Å². The second kappa shape index (κ2) is 6.81. The first-order valence-electron chi connectivity index (χ1n) is 6.30. The summed E-state index contributed by atoms with van der Waals surface area (Å²) in [5, 5.41) is 0. The summed E-state index contributed by atoms with van der Waals surface area (Å²) in [6.45, 7) is 2.61. The molecule has 3 nitrogen and oxygen atoms in total. The predicted molar refractivity (Wildman–Crippen MR) is 77.6 cm³/mol. The lowest BCUT2D eigenvalue weighted by Gasteiger charge is -2.12. The predicted octanol–water partition coefficient (Wildman–Crippen LogP) is 3.20. The van der Waals surface area contributed by atoms with Crippen molar-refractivity contribution in [3.05, 3.63) is 65.5 Å². The molecule has 2 rings (SSSR count). The quantitative estimate of drug-likeness (QED) is 0.768. The zero-order valence-corrected chi connectivity index (χ0v) is 11.3. The molecule has 0 fully saturated rings. The molecule has 0 aliphatic heterocycles. The Bertz CT molecular complexity index is 520. The zero-order valence-electron chi connectivity index (χ0n) is 11.3. The Hall–Kier alpha value is -2.00. The van der Waals surface area contributed by atoms with Crippen molar-refractivity contribution in [2.45, 2.75) is 13.0 Å². The number of rotatable bonds is 5. The van der Waals surface area contributed by atoms with E-state index < -0.39 is 0 Å². The molecule has 0 N–H and O–H groups in total. The number of hydrogen-bond donors (Lipinski definition) is 0. The van der Waals surface area contributed by atoms with Crippen molar-refractivity contribution in [2.24, 2.45) is 4.99 Å². The van der Waals surface area contributed by atoms with Crippen molar-refractivity contribution in [3.63, 3.8) is 0 Å². The molecule has 0 amide bonds. The van der Waals surface area contributed by atoms with E-state index in [2.05, 4.69) is 9.98 Å². The lowest BCUT2D eigenvalue weighted by molar-refractivity contribution is 0.111. The monoisotopic (exact) mass is 254 g/mol. The lowest BCUT2D eigenvalue weighted by Crippen LogP contribution is -2.05. The smallest absolute Gasteiger partial charge is 0.102 e. The highest BCUT2D eigenvalue weighted by Crippen LogP contribution is 2.16. The van der Waals surface area contributed by atoms with Gasteiger partial charge < -0.3 is 4.74 Å². The van der Waals surface area contributed by atoms with Crippen molar-refractivity contribution in [2.75, 3.05) is 13.7 Å². The van der Waals surface area contributed by atoms with Gasteiger partial charge in [0, 0.05) is 19.5 Å². The molecule has 0 radical (unpaired) electrons. The average Bonchev–Trinajstić information content (AvgIpc) is 2.46. The molecule has 1 aromatic heterocycles. The fraction of sp³-hybridized carbons (Fsp3) is 0.250. The van der Waals surface area contributed by atoms with Crippen LogP contribution in [0.4, 0.5) is 0 Å². The molecule has 1 unspecified atom stereocenters. The standard InChI is InChI=1S/C16H18N2O/c1-13-8-9-15(18-10-13)11-17-12-16(19-2)14-6-4-3-5-7-14/h3-11,16H,12H2,1-2H3. The number of nitrogens with zero attached hydrogens (tertiary/aromatic N) is 2. The molecule has 19 heavy (non-hydrogen) atoms. The molecule has 0 bridgehead atoms. The Morgan fingerprint density at radius 3 is 2.63 bits per heavy atom. The molecule has 1 atom stereocenters. The SMILES string of the molecule is COC(CN=Cc1ccc(C)cn1)c1ccccc1. The van der Waals surface area contributed by atoms with E-state index in [1.165, 1.54) is 0 Å². The first kappa shape index (κ1) is 13.4. The summed E-state index contributed by atoms with van der Waals surface area (Å²) in [6.07, 6.45) is 3.61. The third-order valence-electron chi connectivity index (χ3n) is 2.88. The van der Waals surface area contributed by atoms with Crippen LogP contribution in [-0.4, -0.2) is 24.9 Å². The Balaban J connectivity index is 1.98. The molecule has 0 aliphatic rings. The maximum absolute atomic E-state index is 5.46. The maximum atomic E-state index is 5.46. The summed E-state index contributed by atoms with van der Waals surface area (Å²) in [5.41, 5.74) is 3.16. The van der Waals surface area contributed by atoms with Crippen molar-refractivity contribution in [3.8, 4) is 0 Å². The molecular weight excluding hydrogens is 236 g/mol. The molecule has 98 valence electrons. The second-order valence-electron chi connectivity index (χ2n) is 4.39. The van der Waals surface area contributed by atoms with Crippen LogP contribution in [0, 0.1) is 6.92 Å². The van der Waals surface area contributed by atoms with E-state index in [1.807, 2.05) is 55.6 Å². The van der Waals surface area contributed by atoms with E-state index in [4.69, 9.17) is 4.74 Å². The third kappa shape index (κ3) is 4.00. The molecule has 2 aromatic rings. The van der Waals surface area contributed by atoms with E-state index in [-0.39, 0.29) is 6.10 Å². The number of ether oxygens (including phenoxy) is 1. The third-order valence-corrected chi connectivity index (χ3v) is 2.88. The highest BCUT2D eigenvalue weighted by Gasteiger charge is 2.07. The van der Waals surface area contributed by atoms with Gasteiger partial charge in [0.15, 0.2) is 0 Å². The summed E-state index contributed by atoms with van der Waals surface area (Å²) in [4.78, 5) is 8.69. The minimum absolute atomic E-state index is 0.0112. The second-order valence-corrected chi connectivity index (χ2v) is 4.39. The van der Waals surface area contributed by atoms with Crippen LogP contribution in [0.2, 0.25) is 0 Å². The Kier molecular flexibility index (Phi) is 4.81. The molecule has 0 spiro atoms. The van der Waals surface area contributed by atoms with Crippen molar-refractivity contribution in [1.82, 2.24) is 4.98 Å². The topological polar surface area (TPSA) is 34.5 Å². The molecule has 1 heterocycles. The highest BCUT2D eigenvalue weighted by atomic mass is 16.5. The van der Waals surface area contributed by atoms with E-state index in [1.54, 1.807) is 13.3 Å². The minimum atomic E-state index is -0.0112. The molecule has 0 saturated heterocycles. The summed E-state index contributed by atoms with van der Waals surface area (Å²) < 4.78 is 5.46. The average molecular weight is 254 g/mol. The van der Waals surface area contributed by atoms with E-state index in [0.717, 1.165) is 16.8 Å². The largest absolute Gasteiger partial charge is 0.375 e. The summed E-state index contributed by atoms with van der Waals surface area (Å²) in [5.74, 6) is 0. The number of aryl methyl sites for hydroxylation is 1. The molecule has 0 aliphatic carbocycles. The van der Waals surface area contributed by atoms with Gasteiger partial charge in [-0.1, -0.05) is 36.4 Å². The van der Waals surface area contributed by atoms with Gasteiger partial charge in [0.25, 0.3) is 0 Å². The van der Waals surface area contributed by atoms with Crippen LogP contribution in [0.1, 0.15) is 22.9 Å². The number of aliphatic imine (C=N–C) groups is 1. The first-order chi connectivity index (χ1) is 9.29. The Morgan fingerprint density at radius 2 is 2.00 bits per heavy atom. The zero-order chi connectivity index (χ0) is 13.5. The van der Waals surface area contributed by atoms with Gasteiger partial charge in [-0.3, -0.25) is 9.98 Å². The number of hydrogen-bond acceptors (Lipinski definition) is 3. The highest BCUT2D eigenvalue weighted by molar-refractivity contribution is 5.76. The molecule has 1 aromatic carbocycles. The fourth-order valence-corrected chi connectivity index (χ4v) is 1.78. The number of pyridine rings is 1. The van der Waals surface area contributed by atoms with Crippen LogP contribution in [0.15, 0.2) is 53.7 Å². The van der Waals surface area contributed by atoms with Gasteiger partial charge in [-0.15, -0.1) is 0 Å². The number of aromatic nitrogens is 1. The first-order valence-corrected chi connectivity index (χ1v) is 6.30. The minimum Gasteiger partial charge on any atom is -0.375 e. The van der Waals surface area contributed by atoms with Crippen LogP contribution < -0.4 is 0 Å². The summed E-state index contributed by atoms with van der Waals surface area (Å²) >= 11 is 0. The van der Waals surface area contributed by atoms with E-state index in [9.17, 15) is 0 Å². The van der Waals surface area contributed by atoms with Gasteiger partial charge in [0.2, 0.25) is 0 Å². The summed E-state index contributed by atoms with van der Waals surface area (Å²) in [6, 6.07) is 14.1. The van der Waals surface area contributed by atoms with Crippen LogP contribution >= 0.6 is 0 Å². The normalized spacial score (nSPS) is 12.7. The maximum Gasteiger partial charge on any atom is 0.102 e. The fourth-order valence-electron chi connectivity index (χ4n) is 1.78. The molecule has 3 heteroatoms. The van der Waals surface area contributed by atoms with Crippen molar-refractivity contribution >= 4 is 6.21 Å². The van der Waals surface area contributed by atoms with Crippen molar-refractivity contribution < 1.29 is 4.74 Å². The lowest BCUT2D eigenvalue weighted by atomic mass is 10.1. The number of methoxy groups -OCH3 is 1. The van der Waals surface area contributed by atoms with Gasteiger partial charge in [-0.05, 0) is 24.1 Å². The van der Waals surface area contributed by atoms with Crippen molar-refractivity contribution in [1.29, 1.82) is 0 Å².